The summed E-state index contributed by atoms with van der Waals surface area (Å²) in [6.45, 7) is 4.35. The van der Waals surface area contributed by atoms with Crippen LogP contribution in [0.5, 0.6) is 0 Å². The highest BCUT2D eigenvalue weighted by Crippen LogP contribution is 2.35. The van der Waals surface area contributed by atoms with Crippen LogP contribution >= 0.6 is 11.6 Å². The van der Waals surface area contributed by atoms with E-state index in [1.54, 1.807) is 6.07 Å². The maximum Gasteiger partial charge on any atom is 0.143 e. The van der Waals surface area contributed by atoms with Gasteiger partial charge in [-0.1, -0.05) is 56.1 Å². The average molecular weight is 360 g/mol. The SMILES string of the molecule is CCCCc1c(C(C)c2ccc(CO)cc2)[nH]c2cc(F)c(Cl)cc12. The lowest BCUT2D eigenvalue weighted by Crippen LogP contribution is -2.01. The molecule has 0 radical (unpaired) electrons. The van der Waals surface area contributed by atoms with Crippen molar-refractivity contribution in [1.29, 1.82) is 0 Å². The largest absolute Gasteiger partial charge is 0.392 e. The van der Waals surface area contributed by atoms with Crippen LogP contribution in [0.15, 0.2) is 36.4 Å². The van der Waals surface area contributed by atoms with Crippen molar-refractivity contribution in [2.45, 2.75) is 45.6 Å². The number of benzene rings is 2. The van der Waals surface area contributed by atoms with Gasteiger partial charge in [-0.15, -0.1) is 0 Å². The Hall–Kier alpha value is -1.84. The second kappa shape index (κ2) is 7.59. The molecule has 132 valence electrons. The van der Waals surface area contributed by atoms with Gasteiger partial charge in [-0.3, -0.25) is 0 Å². The van der Waals surface area contributed by atoms with Crippen LogP contribution in [-0.2, 0) is 13.0 Å². The first-order valence-electron chi connectivity index (χ1n) is 8.74. The predicted molar refractivity (Wildman–Crippen MR) is 102 cm³/mol. The number of rotatable bonds is 6. The van der Waals surface area contributed by atoms with Gasteiger partial charge < -0.3 is 10.1 Å². The Morgan fingerprint density at radius 3 is 2.56 bits per heavy atom. The molecular formula is C21H23ClFNO. The Kier molecular flexibility index (Phi) is 5.45. The monoisotopic (exact) mass is 359 g/mol. The summed E-state index contributed by atoms with van der Waals surface area (Å²) in [5, 5.41) is 10.4. The molecule has 0 aliphatic carbocycles. The van der Waals surface area contributed by atoms with Gasteiger partial charge in [0.05, 0.1) is 11.6 Å². The van der Waals surface area contributed by atoms with Crippen molar-refractivity contribution < 1.29 is 9.50 Å². The van der Waals surface area contributed by atoms with E-state index in [1.165, 1.54) is 11.6 Å². The number of H-pyrrole nitrogens is 1. The van der Waals surface area contributed by atoms with Crippen LogP contribution in [0.1, 0.15) is 55.0 Å². The van der Waals surface area contributed by atoms with Gasteiger partial charge >= 0.3 is 0 Å². The average Bonchev–Trinajstić information content (AvgIpc) is 2.97. The fraction of sp³-hybridized carbons (Fsp3) is 0.333. The smallest absolute Gasteiger partial charge is 0.143 e. The van der Waals surface area contributed by atoms with Gasteiger partial charge in [0.15, 0.2) is 0 Å². The lowest BCUT2D eigenvalue weighted by atomic mass is 9.92. The second-order valence-corrected chi connectivity index (χ2v) is 6.96. The first kappa shape index (κ1) is 18.0. The Balaban J connectivity index is 2.08. The summed E-state index contributed by atoms with van der Waals surface area (Å²) in [5.41, 5.74) is 5.18. The molecule has 2 N–H and O–H groups in total. The Morgan fingerprint density at radius 1 is 1.20 bits per heavy atom. The first-order chi connectivity index (χ1) is 12.0. The van der Waals surface area contributed by atoms with Crippen LogP contribution in [-0.4, -0.2) is 10.1 Å². The number of aliphatic hydroxyl groups is 1. The molecule has 0 bridgehead atoms. The normalized spacial score (nSPS) is 12.7. The van der Waals surface area contributed by atoms with E-state index < -0.39 is 5.82 Å². The van der Waals surface area contributed by atoms with E-state index in [0.717, 1.165) is 47.0 Å². The molecule has 1 heterocycles. The molecule has 1 atom stereocenters. The second-order valence-electron chi connectivity index (χ2n) is 6.55. The van der Waals surface area contributed by atoms with Crippen LogP contribution in [0.2, 0.25) is 5.02 Å². The van der Waals surface area contributed by atoms with E-state index in [-0.39, 0.29) is 17.5 Å². The zero-order valence-electron chi connectivity index (χ0n) is 14.6. The van der Waals surface area contributed by atoms with Crippen LogP contribution in [0.25, 0.3) is 10.9 Å². The van der Waals surface area contributed by atoms with Gasteiger partial charge in [-0.05, 0) is 41.7 Å². The fourth-order valence-electron chi connectivity index (χ4n) is 3.34. The molecule has 1 aromatic heterocycles. The summed E-state index contributed by atoms with van der Waals surface area (Å²) < 4.78 is 13.9. The molecule has 0 amide bonds. The lowest BCUT2D eigenvalue weighted by molar-refractivity contribution is 0.282. The van der Waals surface area contributed by atoms with E-state index >= 15 is 0 Å². The van der Waals surface area contributed by atoms with Crippen molar-refractivity contribution in [3.05, 3.63) is 69.6 Å². The molecule has 1 unspecified atom stereocenters. The Morgan fingerprint density at radius 2 is 1.92 bits per heavy atom. The van der Waals surface area contributed by atoms with Crippen LogP contribution in [0.4, 0.5) is 4.39 Å². The third-order valence-corrected chi connectivity index (χ3v) is 5.15. The van der Waals surface area contributed by atoms with Crippen molar-refractivity contribution in [3.8, 4) is 0 Å². The molecule has 2 aromatic carbocycles. The zero-order chi connectivity index (χ0) is 18.0. The van der Waals surface area contributed by atoms with Gasteiger partial charge in [0.2, 0.25) is 0 Å². The summed E-state index contributed by atoms with van der Waals surface area (Å²) in [4.78, 5) is 3.42. The highest BCUT2D eigenvalue weighted by molar-refractivity contribution is 6.31. The van der Waals surface area contributed by atoms with Gasteiger partial charge in [0.1, 0.15) is 5.82 Å². The van der Waals surface area contributed by atoms with E-state index in [1.807, 2.05) is 24.3 Å². The topological polar surface area (TPSA) is 36.0 Å². The highest BCUT2D eigenvalue weighted by Gasteiger charge is 2.19. The van der Waals surface area contributed by atoms with Crippen LogP contribution < -0.4 is 0 Å². The molecule has 0 aliphatic heterocycles. The molecule has 3 rings (SSSR count). The quantitative estimate of drug-likeness (QED) is 0.560. The van der Waals surface area contributed by atoms with Gasteiger partial charge in [-0.25, -0.2) is 4.39 Å². The predicted octanol–water partition coefficient (Wildman–Crippen LogP) is 5.95. The van der Waals surface area contributed by atoms with E-state index in [0.29, 0.717) is 0 Å². The minimum absolute atomic E-state index is 0.0422. The molecule has 3 aromatic rings. The molecule has 0 aliphatic rings. The minimum Gasteiger partial charge on any atom is -0.392 e. The van der Waals surface area contributed by atoms with Crippen LogP contribution in [0, 0.1) is 5.82 Å². The van der Waals surface area contributed by atoms with E-state index in [4.69, 9.17) is 11.6 Å². The van der Waals surface area contributed by atoms with Crippen molar-refractivity contribution in [1.82, 2.24) is 4.98 Å². The zero-order valence-corrected chi connectivity index (χ0v) is 15.3. The number of aromatic nitrogens is 1. The van der Waals surface area contributed by atoms with Crippen molar-refractivity contribution in [3.63, 3.8) is 0 Å². The lowest BCUT2D eigenvalue weighted by Gasteiger charge is -2.14. The van der Waals surface area contributed by atoms with Gasteiger partial charge in [0.25, 0.3) is 0 Å². The summed E-state index contributed by atoms with van der Waals surface area (Å²) in [7, 11) is 0. The number of hydrogen-bond donors (Lipinski definition) is 2. The number of aryl methyl sites for hydroxylation is 1. The number of nitrogens with one attached hydrogen (secondary N) is 1. The van der Waals surface area contributed by atoms with E-state index in [2.05, 4.69) is 18.8 Å². The van der Waals surface area contributed by atoms with Crippen LogP contribution in [0.3, 0.4) is 0 Å². The number of halogens is 2. The number of unbranched alkanes of at least 4 members (excludes halogenated alkanes) is 1. The number of fused-ring (bicyclic) bond motifs is 1. The number of hydrogen-bond acceptors (Lipinski definition) is 1. The standard InChI is InChI=1S/C21H23ClFNO/c1-3-4-5-16-17-10-18(22)19(23)11-20(17)24-21(16)13(2)15-8-6-14(12-25)7-9-15/h6-11,13,24-25H,3-5,12H2,1-2H3. The number of aromatic amines is 1. The Labute approximate surface area is 152 Å². The molecule has 0 saturated heterocycles. The minimum atomic E-state index is -0.399. The summed E-state index contributed by atoms with van der Waals surface area (Å²) in [6, 6.07) is 11.2. The maximum atomic E-state index is 13.9. The first-order valence-corrected chi connectivity index (χ1v) is 9.12. The molecule has 0 saturated carbocycles. The van der Waals surface area contributed by atoms with Crippen molar-refractivity contribution in [2.24, 2.45) is 0 Å². The number of aliphatic hydroxyl groups excluding tert-OH is 1. The summed E-state index contributed by atoms with van der Waals surface area (Å²) in [6.07, 6.45) is 3.11. The third-order valence-electron chi connectivity index (χ3n) is 4.86. The molecule has 25 heavy (non-hydrogen) atoms. The molecular weight excluding hydrogens is 337 g/mol. The molecule has 4 heteroatoms. The molecule has 0 fully saturated rings. The highest BCUT2D eigenvalue weighted by atomic mass is 35.5. The Bertz CT molecular complexity index is 870. The molecule has 2 nitrogen and oxygen atoms in total. The third kappa shape index (κ3) is 3.58. The summed E-state index contributed by atoms with van der Waals surface area (Å²) in [5.74, 6) is -0.252. The van der Waals surface area contributed by atoms with E-state index in [9.17, 15) is 9.50 Å². The molecule has 0 spiro atoms. The van der Waals surface area contributed by atoms with Crippen molar-refractivity contribution in [2.75, 3.05) is 0 Å². The fourth-order valence-corrected chi connectivity index (χ4v) is 3.50. The maximum absolute atomic E-state index is 13.9. The summed E-state index contributed by atoms with van der Waals surface area (Å²) >= 11 is 6.02. The van der Waals surface area contributed by atoms with Crippen molar-refractivity contribution >= 4 is 22.5 Å². The van der Waals surface area contributed by atoms with Gasteiger partial charge in [0, 0.05) is 22.5 Å². The van der Waals surface area contributed by atoms with Gasteiger partial charge in [-0.2, -0.15) is 0 Å².